The standard InChI is InChI=1S/C33H40O20/c34-7-16-21(39)25(43)28(46)32(52-16)49-9-18-23(41)26(44)29(47)33(53-18)48-8-17-22(40)24(42)27(45)31(51-17)20-13(37)5-12(36)19-14(38)6-15(50-30(19)20)10-1-3-11(35)4-2-10/h1-6,16-18,21-29,31-37,39-47H,7-9H2/t16?,17-,18?,21-,22+,23+,24?,25-,26-,27?,28?,29?,31-,32+,33+/m0/s1. The van der Waals surface area contributed by atoms with Crippen molar-refractivity contribution in [3.8, 4) is 28.6 Å². The third-order valence-corrected chi connectivity index (χ3v) is 9.51. The lowest BCUT2D eigenvalue weighted by Crippen LogP contribution is -2.62. The molecular formula is C33H40O20. The van der Waals surface area contributed by atoms with Crippen LogP contribution in [0.25, 0.3) is 22.3 Å². The summed E-state index contributed by atoms with van der Waals surface area (Å²) >= 11 is 0. The predicted octanol–water partition coefficient (Wildman–Crippen LogP) is -4.26. The molecule has 13 N–H and O–H groups in total. The van der Waals surface area contributed by atoms with Crippen molar-refractivity contribution in [2.45, 2.75) is 91.9 Å². The summed E-state index contributed by atoms with van der Waals surface area (Å²) in [6.45, 7) is -2.15. The second-order valence-corrected chi connectivity index (χ2v) is 13.0. The third-order valence-electron chi connectivity index (χ3n) is 9.51. The average Bonchev–Trinajstić information content (AvgIpc) is 3.13. The molecule has 53 heavy (non-hydrogen) atoms. The molecule has 20 heteroatoms. The number of aliphatic hydroxyl groups is 10. The minimum atomic E-state index is -1.98. The van der Waals surface area contributed by atoms with Crippen molar-refractivity contribution in [2.75, 3.05) is 19.8 Å². The largest absolute Gasteiger partial charge is 0.508 e. The number of aromatic hydroxyl groups is 3. The summed E-state index contributed by atoms with van der Waals surface area (Å²) in [7, 11) is 0. The molecule has 6 unspecified atom stereocenters. The van der Waals surface area contributed by atoms with Gasteiger partial charge in [-0.1, -0.05) is 0 Å². The van der Waals surface area contributed by atoms with Gasteiger partial charge in [0.15, 0.2) is 23.6 Å². The molecule has 0 spiro atoms. The van der Waals surface area contributed by atoms with Crippen LogP contribution in [0.5, 0.6) is 17.2 Å². The zero-order valence-electron chi connectivity index (χ0n) is 27.4. The highest BCUT2D eigenvalue weighted by atomic mass is 16.7. The van der Waals surface area contributed by atoms with Gasteiger partial charge < -0.3 is 94.5 Å². The van der Waals surface area contributed by atoms with E-state index in [1.54, 1.807) is 0 Å². The summed E-state index contributed by atoms with van der Waals surface area (Å²) in [6, 6.07) is 7.32. The molecule has 292 valence electrons. The fourth-order valence-corrected chi connectivity index (χ4v) is 6.47. The third kappa shape index (κ3) is 7.45. The molecule has 2 aromatic carbocycles. The molecule has 3 fully saturated rings. The van der Waals surface area contributed by atoms with Crippen molar-refractivity contribution in [3.63, 3.8) is 0 Å². The molecule has 6 rings (SSSR count). The van der Waals surface area contributed by atoms with Crippen molar-refractivity contribution >= 4 is 11.0 Å². The highest BCUT2D eigenvalue weighted by Crippen LogP contribution is 2.44. The van der Waals surface area contributed by atoms with Gasteiger partial charge in [-0.2, -0.15) is 0 Å². The molecule has 0 bridgehead atoms. The molecule has 0 saturated carbocycles. The summed E-state index contributed by atoms with van der Waals surface area (Å²) in [5, 5.41) is 135. The molecule has 1 aromatic heterocycles. The molecule has 3 saturated heterocycles. The number of aliphatic hydroxyl groups excluding tert-OH is 10. The summed E-state index contributed by atoms with van der Waals surface area (Å²) in [4.78, 5) is 13.2. The predicted molar refractivity (Wildman–Crippen MR) is 171 cm³/mol. The fraction of sp³-hybridized carbons (Fsp3) is 0.545. The molecule has 3 aromatic rings. The van der Waals surface area contributed by atoms with Crippen LogP contribution in [0.3, 0.4) is 0 Å². The number of hydrogen-bond acceptors (Lipinski definition) is 20. The van der Waals surface area contributed by atoms with E-state index in [4.69, 9.17) is 28.1 Å². The van der Waals surface area contributed by atoms with Gasteiger partial charge in [0.1, 0.15) is 108 Å². The summed E-state index contributed by atoms with van der Waals surface area (Å²) < 4.78 is 33.6. The number of phenolic OH excluding ortho intramolecular Hbond substituents is 3. The fourth-order valence-electron chi connectivity index (χ4n) is 6.47. The van der Waals surface area contributed by atoms with Crippen LogP contribution >= 0.6 is 0 Å². The normalized spacial score (nSPS) is 37.9. The Morgan fingerprint density at radius 3 is 1.66 bits per heavy atom. The Hall–Kier alpha value is -3.55. The van der Waals surface area contributed by atoms with Crippen molar-refractivity contribution in [3.05, 3.63) is 52.2 Å². The van der Waals surface area contributed by atoms with Crippen molar-refractivity contribution in [1.29, 1.82) is 0 Å². The first-order chi connectivity index (χ1) is 25.1. The van der Waals surface area contributed by atoms with Gasteiger partial charge in [-0.3, -0.25) is 4.79 Å². The van der Waals surface area contributed by atoms with Crippen LogP contribution < -0.4 is 5.43 Å². The molecule has 15 atom stereocenters. The second kappa shape index (κ2) is 15.7. The van der Waals surface area contributed by atoms with Crippen LogP contribution in [0.1, 0.15) is 11.7 Å². The molecule has 3 aliphatic heterocycles. The van der Waals surface area contributed by atoms with Gasteiger partial charge >= 0.3 is 0 Å². The van der Waals surface area contributed by atoms with E-state index in [1.807, 2.05) is 0 Å². The van der Waals surface area contributed by atoms with Crippen molar-refractivity contribution < 1.29 is 94.5 Å². The van der Waals surface area contributed by atoms with Crippen LogP contribution in [0, 0.1) is 0 Å². The van der Waals surface area contributed by atoms with Crippen LogP contribution in [0.2, 0.25) is 0 Å². The number of phenols is 3. The molecule has 0 aliphatic carbocycles. The molecule has 20 nitrogen and oxygen atoms in total. The molecule has 0 amide bonds. The Bertz CT molecular complexity index is 1780. The summed E-state index contributed by atoms with van der Waals surface area (Å²) in [5.41, 5.74) is -1.32. The van der Waals surface area contributed by atoms with Gasteiger partial charge in [-0.25, -0.2) is 0 Å². The monoisotopic (exact) mass is 756 g/mol. The van der Waals surface area contributed by atoms with Crippen LogP contribution in [0.4, 0.5) is 0 Å². The lowest BCUT2D eigenvalue weighted by Gasteiger charge is -2.44. The van der Waals surface area contributed by atoms with Gasteiger partial charge in [0.05, 0.1) is 25.4 Å². The Labute approximate surface area is 298 Å². The van der Waals surface area contributed by atoms with Crippen molar-refractivity contribution in [1.82, 2.24) is 0 Å². The SMILES string of the molecule is O=c1cc(-c2ccc(O)cc2)oc2c([C@@H]3O[C@@H](CO[C@@H]4OC(CO[C@@H]5OC(CO)[C@H](O)[C@H](O)C5O)[C@@H](O)[C@H](O)C4O)[C@@H](O)C(O)C3O)c(O)cc(O)c12. The summed E-state index contributed by atoms with van der Waals surface area (Å²) in [5.74, 6) is -1.58. The molecule has 4 heterocycles. The zero-order chi connectivity index (χ0) is 38.5. The van der Waals surface area contributed by atoms with Gasteiger partial charge in [-0.05, 0) is 24.3 Å². The van der Waals surface area contributed by atoms with Gasteiger partial charge in [0, 0.05) is 17.7 Å². The molecule has 3 aliphatic rings. The maximum absolute atomic E-state index is 13.2. The van der Waals surface area contributed by atoms with Gasteiger partial charge in [-0.15, -0.1) is 0 Å². The molecule has 0 radical (unpaired) electrons. The van der Waals surface area contributed by atoms with E-state index in [0.29, 0.717) is 5.56 Å². The Balaban J connectivity index is 1.21. The lowest BCUT2D eigenvalue weighted by atomic mass is 9.89. The first kappa shape index (κ1) is 39.2. The number of benzene rings is 2. The van der Waals surface area contributed by atoms with E-state index >= 15 is 0 Å². The Morgan fingerprint density at radius 2 is 1.09 bits per heavy atom. The number of ether oxygens (including phenoxy) is 5. The lowest BCUT2D eigenvalue weighted by molar-refractivity contribution is -0.336. The average molecular weight is 757 g/mol. The smallest absolute Gasteiger partial charge is 0.197 e. The Kier molecular flexibility index (Phi) is 11.6. The summed E-state index contributed by atoms with van der Waals surface area (Å²) in [6.07, 6.45) is -26.3. The van der Waals surface area contributed by atoms with Crippen LogP contribution in [-0.2, 0) is 23.7 Å². The van der Waals surface area contributed by atoms with Gasteiger partial charge in [0.2, 0.25) is 0 Å². The zero-order valence-corrected chi connectivity index (χ0v) is 27.4. The van der Waals surface area contributed by atoms with E-state index in [9.17, 15) is 71.2 Å². The van der Waals surface area contributed by atoms with Crippen molar-refractivity contribution in [2.24, 2.45) is 0 Å². The highest BCUT2D eigenvalue weighted by molar-refractivity contribution is 5.89. The van der Waals surface area contributed by atoms with E-state index in [-0.39, 0.29) is 11.5 Å². The minimum absolute atomic E-state index is 0.0752. The van der Waals surface area contributed by atoms with E-state index in [2.05, 4.69) is 0 Å². The number of hydrogen-bond donors (Lipinski definition) is 13. The second-order valence-electron chi connectivity index (χ2n) is 13.0. The first-order valence-electron chi connectivity index (χ1n) is 16.4. The van der Waals surface area contributed by atoms with Crippen LogP contribution in [-0.4, -0.2) is 172 Å². The van der Waals surface area contributed by atoms with E-state index in [0.717, 1.165) is 12.1 Å². The first-order valence-corrected chi connectivity index (χ1v) is 16.4. The maximum Gasteiger partial charge on any atom is 0.197 e. The minimum Gasteiger partial charge on any atom is -0.508 e. The van der Waals surface area contributed by atoms with E-state index < -0.39 is 145 Å². The topological polar surface area (TPSA) is 339 Å². The quantitative estimate of drug-likeness (QED) is 0.0983. The maximum atomic E-state index is 13.2. The number of rotatable bonds is 9. The Morgan fingerprint density at radius 1 is 0.585 bits per heavy atom. The van der Waals surface area contributed by atoms with Gasteiger partial charge in [0.25, 0.3) is 0 Å². The van der Waals surface area contributed by atoms with Crippen LogP contribution in [0.15, 0.2) is 45.6 Å². The highest BCUT2D eigenvalue weighted by Gasteiger charge is 2.50. The number of fused-ring (bicyclic) bond motifs is 1. The molecular weight excluding hydrogens is 716 g/mol. The van der Waals surface area contributed by atoms with E-state index in [1.165, 1.54) is 24.3 Å².